The van der Waals surface area contributed by atoms with E-state index < -0.39 is 0 Å². The monoisotopic (exact) mass is 226 g/mol. The van der Waals surface area contributed by atoms with Crippen LogP contribution in [0.1, 0.15) is 40.5 Å². The normalized spacial score (nSPS) is 33.0. The van der Waals surface area contributed by atoms with Gasteiger partial charge >= 0.3 is 7.12 Å². The van der Waals surface area contributed by atoms with Crippen LogP contribution in [-0.4, -0.2) is 31.5 Å². The van der Waals surface area contributed by atoms with E-state index in [-0.39, 0.29) is 18.3 Å². The fraction of sp³-hybridized carbons (Fsp3) is 1.00. The van der Waals surface area contributed by atoms with E-state index in [9.17, 15) is 0 Å². The number of hydrogen-bond donors (Lipinski definition) is 0. The molecule has 0 aliphatic carbocycles. The maximum absolute atomic E-state index is 5.99. The van der Waals surface area contributed by atoms with Gasteiger partial charge in [0.2, 0.25) is 0 Å². The molecule has 16 heavy (non-hydrogen) atoms. The Balaban J connectivity index is 1.88. The van der Waals surface area contributed by atoms with E-state index in [4.69, 9.17) is 14.0 Å². The van der Waals surface area contributed by atoms with Crippen LogP contribution in [0.3, 0.4) is 0 Å². The first-order valence-corrected chi connectivity index (χ1v) is 6.34. The molecule has 2 heterocycles. The summed E-state index contributed by atoms with van der Waals surface area (Å²) in [5.74, 6) is 0.600. The molecule has 2 rings (SSSR count). The van der Waals surface area contributed by atoms with Crippen LogP contribution >= 0.6 is 0 Å². The van der Waals surface area contributed by atoms with Crippen LogP contribution in [0.15, 0.2) is 0 Å². The molecule has 0 spiro atoms. The summed E-state index contributed by atoms with van der Waals surface area (Å²) in [5.41, 5.74) is -0.402. The van der Waals surface area contributed by atoms with E-state index in [0.717, 1.165) is 19.5 Å². The van der Waals surface area contributed by atoms with Gasteiger partial charge in [0.05, 0.1) is 11.2 Å². The lowest BCUT2D eigenvalue weighted by Crippen LogP contribution is -2.41. The summed E-state index contributed by atoms with van der Waals surface area (Å²) in [6, 6.07) is 0. The van der Waals surface area contributed by atoms with Crippen molar-refractivity contribution in [3.8, 4) is 0 Å². The summed E-state index contributed by atoms with van der Waals surface area (Å²) in [6.45, 7) is 10.2. The van der Waals surface area contributed by atoms with Crippen LogP contribution in [0.25, 0.3) is 0 Å². The van der Waals surface area contributed by atoms with Crippen molar-refractivity contribution in [2.75, 3.05) is 13.2 Å². The topological polar surface area (TPSA) is 27.7 Å². The SMILES string of the molecule is CC1(C)OB(CC2CCCOC2)OC1(C)C. The van der Waals surface area contributed by atoms with E-state index >= 15 is 0 Å². The summed E-state index contributed by atoms with van der Waals surface area (Å²) in [7, 11) is -0.0586. The Bertz CT molecular complexity index is 231. The maximum atomic E-state index is 5.99. The van der Waals surface area contributed by atoms with Gasteiger partial charge in [-0.05, 0) is 52.8 Å². The summed E-state index contributed by atoms with van der Waals surface area (Å²) < 4.78 is 17.5. The van der Waals surface area contributed by atoms with Crippen molar-refractivity contribution < 1.29 is 14.0 Å². The second kappa shape index (κ2) is 4.32. The molecule has 92 valence electrons. The van der Waals surface area contributed by atoms with Crippen LogP contribution in [0.5, 0.6) is 0 Å². The summed E-state index contributed by atoms with van der Waals surface area (Å²) >= 11 is 0. The van der Waals surface area contributed by atoms with Crippen molar-refractivity contribution in [3.63, 3.8) is 0 Å². The van der Waals surface area contributed by atoms with Crippen LogP contribution in [0.4, 0.5) is 0 Å². The minimum atomic E-state index is -0.201. The Morgan fingerprint density at radius 3 is 2.25 bits per heavy atom. The Hall–Kier alpha value is -0.0551. The second-order valence-corrected chi connectivity index (χ2v) is 6.00. The number of hydrogen-bond acceptors (Lipinski definition) is 3. The Labute approximate surface area is 99.0 Å². The third kappa shape index (κ3) is 2.44. The first-order chi connectivity index (χ1) is 7.41. The molecule has 0 amide bonds. The van der Waals surface area contributed by atoms with Gasteiger partial charge in [-0.1, -0.05) is 0 Å². The molecule has 0 bridgehead atoms. The van der Waals surface area contributed by atoms with E-state index in [0.29, 0.717) is 5.92 Å². The third-order valence-corrected chi connectivity index (χ3v) is 4.08. The smallest absolute Gasteiger partial charge is 0.403 e. The average Bonchev–Trinajstić information content (AvgIpc) is 2.36. The molecule has 0 aromatic rings. The highest BCUT2D eigenvalue weighted by Gasteiger charge is 2.51. The fourth-order valence-electron chi connectivity index (χ4n) is 2.33. The average molecular weight is 226 g/mol. The Morgan fingerprint density at radius 1 is 1.12 bits per heavy atom. The van der Waals surface area contributed by atoms with Crippen LogP contribution in [-0.2, 0) is 14.0 Å². The van der Waals surface area contributed by atoms with Crippen LogP contribution < -0.4 is 0 Å². The van der Waals surface area contributed by atoms with Crippen molar-refractivity contribution in [1.29, 1.82) is 0 Å². The van der Waals surface area contributed by atoms with Gasteiger partial charge < -0.3 is 14.0 Å². The fourth-order valence-corrected chi connectivity index (χ4v) is 2.33. The number of ether oxygens (including phenoxy) is 1. The van der Waals surface area contributed by atoms with Crippen molar-refractivity contribution in [2.24, 2.45) is 5.92 Å². The molecule has 2 fully saturated rings. The molecular weight excluding hydrogens is 203 g/mol. The largest absolute Gasteiger partial charge is 0.458 e. The zero-order chi connectivity index (χ0) is 11.8. The minimum absolute atomic E-state index is 0.0586. The van der Waals surface area contributed by atoms with Gasteiger partial charge in [-0.2, -0.15) is 0 Å². The second-order valence-electron chi connectivity index (χ2n) is 6.00. The molecular formula is C12H23BO3. The van der Waals surface area contributed by atoms with E-state index in [1.807, 2.05) is 0 Å². The highest BCUT2D eigenvalue weighted by atomic mass is 16.7. The van der Waals surface area contributed by atoms with Gasteiger partial charge in [-0.15, -0.1) is 0 Å². The zero-order valence-electron chi connectivity index (χ0n) is 10.9. The van der Waals surface area contributed by atoms with E-state index in [1.165, 1.54) is 12.8 Å². The predicted octanol–water partition coefficient (Wildman–Crippen LogP) is 2.51. The van der Waals surface area contributed by atoms with Gasteiger partial charge in [0.15, 0.2) is 0 Å². The van der Waals surface area contributed by atoms with Gasteiger partial charge in [0.1, 0.15) is 0 Å². The van der Waals surface area contributed by atoms with Crippen molar-refractivity contribution in [3.05, 3.63) is 0 Å². The molecule has 0 saturated carbocycles. The quantitative estimate of drug-likeness (QED) is 0.677. The van der Waals surface area contributed by atoms with Crippen molar-refractivity contribution >= 4 is 7.12 Å². The van der Waals surface area contributed by atoms with Gasteiger partial charge in [0.25, 0.3) is 0 Å². The van der Waals surface area contributed by atoms with Crippen molar-refractivity contribution in [1.82, 2.24) is 0 Å². The molecule has 0 N–H and O–H groups in total. The molecule has 4 heteroatoms. The standard InChI is InChI=1S/C12H23BO3/c1-11(2)12(3,4)16-13(15-11)8-10-6-5-7-14-9-10/h10H,5-9H2,1-4H3. The maximum Gasteiger partial charge on any atom is 0.458 e. The van der Waals surface area contributed by atoms with Gasteiger partial charge in [-0.25, -0.2) is 0 Å². The highest BCUT2D eigenvalue weighted by Crippen LogP contribution is 2.39. The summed E-state index contributed by atoms with van der Waals surface area (Å²) in [6.07, 6.45) is 3.38. The minimum Gasteiger partial charge on any atom is -0.403 e. The third-order valence-electron chi connectivity index (χ3n) is 4.08. The molecule has 2 aliphatic rings. The summed E-state index contributed by atoms with van der Waals surface area (Å²) in [5, 5.41) is 0. The van der Waals surface area contributed by atoms with Crippen molar-refractivity contribution in [2.45, 2.75) is 58.1 Å². The molecule has 3 nitrogen and oxygen atoms in total. The summed E-state index contributed by atoms with van der Waals surface area (Å²) in [4.78, 5) is 0. The molecule has 0 aromatic heterocycles. The highest BCUT2D eigenvalue weighted by molar-refractivity contribution is 6.45. The molecule has 2 saturated heterocycles. The lowest BCUT2D eigenvalue weighted by atomic mass is 9.75. The molecule has 1 unspecified atom stereocenters. The first-order valence-electron chi connectivity index (χ1n) is 6.34. The Morgan fingerprint density at radius 2 is 1.75 bits per heavy atom. The lowest BCUT2D eigenvalue weighted by molar-refractivity contribution is 0.00578. The lowest BCUT2D eigenvalue weighted by Gasteiger charge is -2.32. The molecule has 2 aliphatic heterocycles. The van der Waals surface area contributed by atoms with Gasteiger partial charge in [-0.3, -0.25) is 0 Å². The molecule has 0 radical (unpaired) electrons. The first kappa shape index (κ1) is 12.4. The van der Waals surface area contributed by atoms with Crippen LogP contribution in [0, 0.1) is 5.92 Å². The number of rotatable bonds is 2. The van der Waals surface area contributed by atoms with E-state index in [1.54, 1.807) is 0 Å². The predicted molar refractivity (Wildman–Crippen MR) is 64.4 cm³/mol. The van der Waals surface area contributed by atoms with Crippen LogP contribution in [0.2, 0.25) is 6.32 Å². The molecule has 0 aromatic carbocycles. The van der Waals surface area contributed by atoms with Gasteiger partial charge in [0, 0.05) is 13.2 Å². The Kier molecular flexibility index (Phi) is 3.35. The van der Waals surface area contributed by atoms with E-state index in [2.05, 4.69) is 27.7 Å². The molecule has 1 atom stereocenters. The zero-order valence-corrected chi connectivity index (χ0v) is 10.9.